The van der Waals surface area contributed by atoms with Gasteiger partial charge in [0.15, 0.2) is 9.84 Å². The van der Waals surface area contributed by atoms with E-state index >= 15 is 0 Å². The van der Waals surface area contributed by atoms with Crippen LogP contribution in [0.2, 0.25) is 0 Å². The quantitative estimate of drug-likeness (QED) is 0.664. The Labute approximate surface area is 195 Å². The van der Waals surface area contributed by atoms with Gasteiger partial charge in [-0.2, -0.15) is 18.3 Å². The highest BCUT2D eigenvalue weighted by Crippen LogP contribution is 2.42. The number of hydrazone groups is 1. The first-order valence-electron chi connectivity index (χ1n) is 10.6. The molecule has 0 aromatic heterocycles. The molecule has 7 nitrogen and oxygen atoms in total. The smallest absolute Gasteiger partial charge is 0.392 e. The number of benzene rings is 2. The molecule has 34 heavy (non-hydrogen) atoms. The number of carbonyl (C=O) groups is 1. The Morgan fingerprint density at radius 3 is 2.50 bits per heavy atom. The second-order valence-corrected chi connectivity index (χ2v) is 10.7. The zero-order valence-electron chi connectivity index (χ0n) is 18.6. The molecule has 0 saturated heterocycles. The molecule has 0 saturated carbocycles. The van der Waals surface area contributed by atoms with E-state index in [0.717, 1.165) is 22.9 Å². The van der Waals surface area contributed by atoms with Gasteiger partial charge < -0.3 is 10.4 Å². The van der Waals surface area contributed by atoms with Crippen molar-refractivity contribution >= 4 is 21.5 Å². The molecule has 2 unspecified atom stereocenters. The van der Waals surface area contributed by atoms with E-state index < -0.39 is 28.5 Å². The highest BCUT2D eigenvalue weighted by Gasteiger charge is 2.38. The van der Waals surface area contributed by atoms with Crippen molar-refractivity contribution in [3.63, 3.8) is 0 Å². The number of alkyl halides is 3. The van der Waals surface area contributed by atoms with Crippen molar-refractivity contribution in [3.8, 4) is 11.1 Å². The van der Waals surface area contributed by atoms with E-state index in [1.165, 1.54) is 0 Å². The average Bonchev–Trinajstić information content (AvgIpc) is 3.20. The van der Waals surface area contributed by atoms with Crippen LogP contribution in [-0.2, 0) is 21.2 Å². The lowest BCUT2D eigenvalue weighted by Gasteiger charge is -2.35. The summed E-state index contributed by atoms with van der Waals surface area (Å²) < 4.78 is 61.7. The number of aliphatic hydroxyl groups excluding tert-OH is 1. The number of carbonyl (C=O) groups excluding carboxylic acids is 1. The van der Waals surface area contributed by atoms with E-state index in [2.05, 4.69) is 5.10 Å². The summed E-state index contributed by atoms with van der Waals surface area (Å²) >= 11 is 0. The zero-order valence-corrected chi connectivity index (χ0v) is 19.4. The minimum Gasteiger partial charge on any atom is -0.392 e. The summed E-state index contributed by atoms with van der Waals surface area (Å²) in [4.78, 5) is 12.3. The van der Waals surface area contributed by atoms with Crippen LogP contribution in [0.3, 0.4) is 0 Å². The van der Waals surface area contributed by atoms with Gasteiger partial charge in [-0.25, -0.2) is 8.42 Å². The number of sulfone groups is 1. The number of nitrogens with zero attached hydrogens (tertiary/aromatic N) is 2. The Kier molecular flexibility index (Phi) is 6.19. The van der Waals surface area contributed by atoms with E-state index in [0.29, 0.717) is 17.7 Å². The molecule has 1 amide bonds. The maximum Gasteiger partial charge on any atom is 0.405 e. The molecule has 11 heteroatoms. The standard InChI is InChI=1S/C23H24F3N3O4S/c1-13-10-29-20(9-19(28-29)22(31)27-12-23(24,25)26)17-6-5-14(7-18(13)17)15-3-4-16(11-30)21(8-15)34(2,32)33/h3-8,13,20,30H,9-12H2,1-2H3,(H,27,31). The number of nitrogens with one attached hydrogen (secondary N) is 1. The molecule has 0 bridgehead atoms. The van der Waals surface area contributed by atoms with Crippen molar-refractivity contribution in [1.82, 2.24) is 10.3 Å². The van der Waals surface area contributed by atoms with Gasteiger partial charge in [0.25, 0.3) is 5.91 Å². The van der Waals surface area contributed by atoms with Crippen LogP contribution in [0.25, 0.3) is 11.1 Å². The second kappa shape index (κ2) is 8.70. The molecule has 182 valence electrons. The molecule has 2 aromatic rings. The number of halogens is 3. The second-order valence-electron chi connectivity index (χ2n) is 8.68. The number of hydrogen-bond donors (Lipinski definition) is 2. The summed E-state index contributed by atoms with van der Waals surface area (Å²) in [5.74, 6) is -0.798. The summed E-state index contributed by atoms with van der Waals surface area (Å²) in [7, 11) is -3.53. The summed E-state index contributed by atoms with van der Waals surface area (Å²) in [5, 5.41) is 17.4. The van der Waals surface area contributed by atoms with Crippen LogP contribution in [-0.4, -0.2) is 55.7 Å². The van der Waals surface area contributed by atoms with Gasteiger partial charge in [-0.15, -0.1) is 0 Å². The zero-order chi connectivity index (χ0) is 24.8. The van der Waals surface area contributed by atoms with Crippen molar-refractivity contribution < 1.29 is 31.5 Å². The first-order valence-corrected chi connectivity index (χ1v) is 12.5. The molecule has 0 aliphatic carbocycles. The lowest BCUT2D eigenvalue weighted by atomic mass is 9.84. The number of fused-ring (bicyclic) bond motifs is 3. The molecule has 2 aliphatic rings. The van der Waals surface area contributed by atoms with Crippen molar-refractivity contribution in [2.45, 2.75) is 43.0 Å². The fourth-order valence-electron chi connectivity index (χ4n) is 4.49. The van der Waals surface area contributed by atoms with Crippen LogP contribution in [0.4, 0.5) is 13.2 Å². The van der Waals surface area contributed by atoms with Crippen LogP contribution in [0.1, 0.15) is 42.0 Å². The predicted octanol–water partition coefficient (Wildman–Crippen LogP) is 3.15. The summed E-state index contributed by atoms with van der Waals surface area (Å²) in [5.41, 5.74) is 3.82. The van der Waals surface area contributed by atoms with Crippen LogP contribution in [0.15, 0.2) is 46.4 Å². The van der Waals surface area contributed by atoms with Crippen molar-refractivity contribution in [2.24, 2.45) is 5.10 Å². The largest absolute Gasteiger partial charge is 0.405 e. The molecule has 0 spiro atoms. The molecule has 0 radical (unpaired) electrons. The SMILES string of the molecule is CC1CN2N=C(C(=O)NCC(F)(F)F)CC2c2ccc(-c3ccc(CO)c(S(C)(=O)=O)c3)cc21. The van der Waals surface area contributed by atoms with E-state index in [1.54, 1.807) is 23.2 Å². The van der Waals surface area contributed by atoms with Gasteiger partial charge in [0, 0.05) is 25.1 Å². The molecule has 2 atom stereocenters. The van der Waals surface area contributed by atoms with Gasteiger partial charge in [-0.3, -0.25) is 9.80 Å². The lowest BCUT2D eigenvalue weighted by Crippen LogP contribution is -2.37. The van der Waals surface area contributed by atoms with Crippen LogP contribution < -0.4 is 5.32 Å². The van der Waals surface area contributed by atoms with Crippen molar-refractivity contribution in [2.75, 3.05) is 19.3 Å². The average molecular weight is 496 g/mol. The molecule has 2 aromatic carbocycles. The minimum atomic E-state index is -4.49. The van der Waals surface area contributed by atoms with E-state index in [1.807, 2.05) is 30.4 Å². The number of rotatable bonds is 5. The monoisotopic (exact) mass is 495 g/mol. The Morgan fingerprint density at radius 2 is 1.85 bits per heavy atom. The van der Waals surface area contributed by atoms with Gasteiger partial charge in [0.1, 0.15) is 12.3 Å². The van der Waals surface area contributed by atoms with Gasteiger partial charge in [0.2, 0.25) is 0 Å². The topological polar surface area (TPSA) is 99.1 Å². The van der Waals surface area contributed by atoms with Crippen molar-refractivity contribution in [1.29, 1.82) is 0 Å². The Balaban J connectivity index is 1.62. The van der Waals surface area contributed by atoms with E-state index in [9.17, 15) is 31.5 Å². The normalized spacial score (nSPS) is 19.9. The molecule has 0 fully saturated rings. The molecular weight excluding hydrogens is 471 g/mol. The number of aliphatic hydroxyl groups is 1. The Bertz CT molecular complexity index is 1270. The third-order valence-electron chi connectivity index (χ3n) is 6.12. The van der Waals surface area contributed by atoms with E-state index in [4.69, 9.17) is 0 Å². The molecular formula is C23H24F3N3O4S. The van der Waals surface area contributed by atoms with Gasteiger partial charge in [0.05, 0.1) is 17.5 Å². The third-order valence-corrected chi connectivity index (χ3v) is 7.29. The molecule has 2 N–H and O–H groups in total. The highest BCUT2D eigenvalue weighted by atomic mass is 32.2. The van der Waals surface area contributed by atoms with Crippen molar-refractivity contribution in [3.05, 3.63) is 53.1 Å². The van der Waals surface area contributed by atoms with Gasteiger partial charge in [-0.1, -0.05) is 37.3 Å². The van der Waals surface area contributed by atoms with Crippen LogP contribution in [0, 0.1) is 0 Å². The lowest BCUT2D eigenvalue weighted by molar-refractivity contribution is -0.134. The van der Waals surface area contributed by atoms with Gasteiger partial charge >= 0.3 is 6.18 Å². The third kappa shape index (κ3) is 4.80. The maximum atomic E-state index is 12.4. The van der Waals surface area contributed by atoms with E-state index in [-0.39, 0.29) is 35.6 Å². The summed E-state index contributed by atoms with van der Waals surface area (Å²) in [6.45, 7) is 0.693. The first kappa shape index (κ1) is 24.2. The van der Waals surface area contributed by atoms with Crippen LogP contribution in [0.5, 0.6) is 0 Å². The first-order chi connectivity index (χ1) is 15.9. The predicted molar refractivity (Wildman–Crippen MR) is 120 cm³/mol. The number of amides is 1. The molecule has 2 heterocycles. The summed E-state index contributed by atoms with van der Waals surface area (Å²) in [6, 6.07) is 10.3. The highest BCUT2D eigenvalue weighted by molar-refractivity contribution is 7.90. The number of hydrogen-bond acceptors (Lipinski definition) is 6. The van der Waals surface area contributed by atoms with Crippen LogP contribution >= 0.6 is 0 Å². The molecule has 4 rings (SSSR count). The molecule has 2 aliphatic heterocycles. The maximum absolute atomic E-state index is 12.4. The Hall–Kier alpha value is -2.92. The summed E-state index contributed by atoms with van der Waals surface area (Å²) in [6.07, 6.45) is -3.20. The Morgan fingerprint density at radius 1 is 1.18 bits per heavy atom. The fourth-order valence-corrected chi connectivity index (χ4v) is 5.44. The van der Waals surface area contributed by atoms with Gasteiger partial charge in [-0.05, 0) is 33.9 Å². The fraction of sp³-hybridized carbons (Fsp3) is 0.391. The minimum absolute atomic E-state index is 0.0265.